The van der Waals surface area contributed by atoms with Crippen molar-refractivity contribution in [1.82, 2.24) is 20.1 Å². The zero-order valence-electron chi connectivity index (χ0n) is 9.77. The van der Waals surface area contributed by atoms with Gasteiger partial charge in [0.1, 0.15) is 0 Å². The van der Waals surface area contributed by atoms with Gasteiger partial charge in [-0.1, -0.05) is 0 Å². The van der Waals surface area contributed by atoms with Gasteiger partial charge in [-0.05, 0) is 20.0 Å². The number of likely N-dealkylation sites (N-methyl/N-ethyl adjacent to an activating group) is 1. The van der Waals surface area contributed by atoms with Gasteiger partial charge in [0.15, 0.2) is 0 Å². The lowest BCUT2D eigenvalue weighted by atomic mass is 10.1. The Kier molecular flexibility index (Phi) is 3.36. The molecule has 86 valence electrons. The highest BCUT2D eigenvalue weighted by Crippen LogP contribution is 2.17. The maximum absolute atomic E-state index is 4.47. The Morgan fingerprint density at radius 1 is 1.56 bits per heavy atom. The largest absolute Gasteiger partial charge is 0.311 e. The Morgan fingerprint density at radius 3 is 2.88 bits per heavy atom. The SMILES string of the molecule is CNC(Cc1csc(C)n1)c1ccn(C)n1. The average Bonchev–Trinajstić information content (AvgIpc) is 2.84. The minimum Gasteiger partial charge on any atom is -0.311 e. The molecule has 1 unspecified atom stereocenters. The smallest absolute Gasteiger partial charge is 0.0897 e. The molecular formula is C11H16N4S. The highest BCUT2D eigenvalue weighted by molar-refractivity contribution is 7.09. The lowest BCUT2D eigenvalue weighted by Crippen LogP contribution is -2.19. The molecule has 1 N–H and O–H groups in total. The molecule has 0 fully saturated rings. The number of nitrogens with one attached hydrogen (secondary N) is 1. The van der Waals surface area contributed by atoms with Gasteiger partial charge in [0.2, 0.25) is 0 Å². The van der Waals surface area contributed by atoms with E-state index in [9.17, 15) is 0 Å². The molecule has 2 rings (SSSR count). The van der Waals surface area contributed by atoms with E-state index in [1.165, 1.54) is 0 Å². The molecule has 0 spiro atoms. The number of thiazole rings is 1. The summed E-state index contributed by atoms with van der Waals surface area (Å²) in [5, 5.41) is 10.9. The van der Waals surface area contributed by atoms with E-state index < -0.39 is 0 Å². The molecule has 0 saturated heterocycles. The van der Waals surface area contributed by atoms with Crippen LogP contribution in [0.15, 0.2) is 17.6 Å². The summed E-state index contributed by atoms with van der Waals surface area (Å²) in [4.78, 5) is 4.47. The summed E-state index contributed by atoms with van der Waals surface area (Å²) >= 11 is 1.69. The zero-order chi connectivity index (χ0) is 11.5. The summed E-state index contributed by atoms with van der Waals surface area (Å²) in [6, 6.07) is 2.28. The Bertz CT molecular complexity index is 460. The van der Waals surface area contributed by atoms with Crippen molar-refractivity contribution in [2.24, 2.45) is 7.05 Å². The first-order chi connectivity index (χ1) is 7.69. The third-order valence-corrected chi connectivity index (χ3v) is 3.34. The van der Waals surface area contributed by atoms with Crippen molar-refractivity contribution in [2.75, 3.05) is 7.05 Å². The van der Waals surface area contributed by atoms with Crippen LogP contribution in [0.2, 0.25) is 0 Å². The predicted molar refractivity (Wildman–Crippen MR) is 65.6 cm³/mol. The molecule has 2 aromatic heterocycles. The number of aryl methyl sites for hydroxylation is 2. The van der Waals surface area contributed by atoms with Gasteiger partial charge in [-0.25, -0.2) is 4.98 Å². The van der Waals surface area contributed by atoms with Gasteiger partial charge < -0.3 is 5.32 Å². The van der Waals surface area contributed by atoms with E-state index in [0.29, 0.717) is 0 Å². The summed E-state index contributed by atoms with van der Waals surface area (Å²) in [5.74, 6) is 0. The zero-order valence-corrected chi connectivity index (χ0v) is 10.6. The maximum atomic E-state index is 4.47. The van der Waals surface area contributed by atoms with Gasteiger partial charge in [-0.2, -0.15) is 5.10 Å². The highest BCUT2D eigenvalue weighted by atomic mass is 32.1. The third kappa shape index (κ3) is 2.48. The van der Waals surface area contributed by atoms with Crippen LogP contribution >= 0.6 is 11.3 Å². The molecule has 1 atom stereocenters. The minimum atomic E-state index is 0.239. The monoisotopic (exact) mass is 236 g/mol. The van der Waals surface area contributed by atoms with E-state index in [4.69, 9.17) is 0 Å². The fraction of sp³-hybridized carbons (Fsp3) is 0.455. The van der Waals surface area contributed by atoms with E-state index in [-0.39, 0.29) is 6.04 Å². The van der Waals surface area contributed by atoms with Gasteiger partial charge in [0.05, 0.1) is 22.4 Å². The molecule has 0 bridgehead atoms. The number of hydrogen-bond acceptors (Lipinski definition) is 4. The van der Waals surface area contributed by atoms with Crippen LogP contribution in [0.25, 0.3) is 0 Å². The summed E-state index contributed by atoms with van der Waals surface area (Å²) in [6.07, 6.45) is 2.85. The number of nitrogens with zero attached hydrogens (tertiary/aromatic N) is 3. The van der Waals surface area contributed by atoms with Gasteiger partial charge in [-0.15, -0.1) is 11.3 Å². The van der Waals surface area contributed by atoms with E-state index in [1.54, 1.807) is 11.3 Å². The van der Waals surface area contributed by atoms with E-state index in [1.807, 2.05) is 38.0 Å². The Morgan fingerprint density at radius 2 is 2.38 bits per heavy atom. The van der Waals surface area contributed by atoms with E-state index in [2.05, 4.69) is 20.8 Å². The second kappa shape index (κ2) is 4.76. The summed E-state index contributed by atoms with van der Waals surface area (Å²) in [6.45, 7) is 2.03. The van der Waals surface area contributed by atoms with Gasteiger partial charge >= 0.3 is 0 Å². The standard InChI is InChI=1S/C11H16N4S/c1-8-13-9(7-16-8)6-11(12-2)10-4-5-15(3)14-10/h4-5,7,11-12H,6H2,1-3H3. The third-order valence-electron chi connectivity index (χ3n) is 2.52. The minimum absolute atomic E-state index is 0.239. The molecule has 2 heterocycles. The molecule has 5 heteroatoms. The van der Waals surface area contributed by atoms with Gasteiger partial charge in [-0.3, -0.25) is 4.68 Å². The fourth-order valence-electron chi connectivity index (χ4n) is 1.68. The van der Waals surface area contributed by atoms with Crippen LogP contribution < -0.4 is 5.32 Å². The number of hydrogen-bond donors (Lipinski definition) is 1. The normalized spacial score (nSPS) is 12.9. The predicted octanol–water partition coefficient (Wildman–Crippen LogP) is 1.69. The van der Waals surface area contributed by atoms with Gasteiger partial charge in [0.25, 0.3) is 0 Å². The summed E-state index contributed by atoms with van der Waals surface area (Å²) in [5.41, 5.74) is 2.20. The van der Waals surface area contributed by atoms with Gasteiger partial charge in [0, 0.05) is 25.0 Å². The molecule has 2 aromatic rings. The lowest BCUT2D eigenvalue weighted by molar-refractivity contribution is 0.557. The van der Waals surface area contributed by atoms with E-state index in [0.717, 1.165) is 22.8 Å². The number of aromatic nitrogens is 3. The van der Waals surface area contributed by atoms with Crippen molar-refractivity contribution in [3.05, 3.63) is 34.0 Å². The fourth-order valence-corrected chi connectivity index (χ4v) is 2.31. The number of rotatable bonds is 4. The lowest BCUT2D eigenvalue weighted by Gasteiger charge is -2.11. The molecule has 0 aliphatic heterocycles. The first-order valence-electron chi connectivity index (χ1n) is 5.27. The van der Waals surface area contributed by atoms with Crippen molar-refractivity contribution in [2.45, 2.75) is 19.4 Å². The van der Waals surface area contributed by atoms with Crippen LogP contribution in [0.4, 0.5) is 0 Å². The van der Waals surface area contributed by atoms with Crippen molar-refractivity contribution < 1.29 is 0 Å². The van der Waals surface area contributed by atoms with Crippen LogP contribution in [0, 0.1) is 6.92 Å². The first-order valence-corrected chi connectivity index (χ1v) is 6.15. The Hall–Kier alpha value is -1.20. The topological polar surface area (TPSA) is 42.7 Å². The Balaban J connectivity index is 2.12. The molecule has 4 nitrogen and oxygen atoms in total. The van der Waals surface area contributed by atoms with Crippen LogP contribution in [0.5, 0.6) is 0 Å². The summed E-state index contributed by atoms with van der Waals surface area (Å²) in [7, 11) is 3.89. The molecule has 0 aliphatic rings. The second-order valence-electron chi connectivity index (χ2n) is 3.82. The van der Waals surface area contributed by atoms with Crippen LogP contribution in [-0.2, 0) is 13.5 Å². The highest BCUT2D eigenvalue weighted by Gasteiger charge is 2.14. The average molecular weight is 236 g/mol. The summed E-state index contributed by atoms with van der Waals surface area (Å²) < 4.78 is 1.83. The van der Waals surface area contributed by atoms with E-state index >= 15 is 0 Å². The molecule has 0 amide bonds. The van der Waals surface area contributed by atoms with Crippen molar-refractivity contribution >= 4 is 11.3 Å². The molecule has 0 saturated carbocycles. The van der Waals surface area contributed by atoms with Crippen molar-refractivity contribution in [3.63, 3.8) is 0 Å². The second-order valence-corrected chi connectivity index (χ2v) is 4.88. The van der Waals surface area contributed by atoms with Crippen molar-refractivity contribution in [1.29, 1.82) is 0 Å². The van der Waals surface area contributed by atoms with Crippen LogP contribution in [-0.4, -0.2) is 21.8 Å². The molecule has 0 aromatic carbocycles. The molecular weight excluding hydrogens is 220 g/mol. The Labute approximate surface area is 99.3 Å². The molecule has 0 radical (unpaired) electrons. The maximum Gasteiger partial charge on any atom is 0.0897 e. The van der Waals surface area contributed by atoms with Crippen molar-refractivity contribution in [3.8, 4) is 0 Å². The quantitative estimate of drug-likeness (QED) is 0.878. The molecule has 0 aliphatic carbocycles. The van der Waals surface area contributed by atoms with Crippen LogP contribution in [0.1, 0.15) is 22.4 Å². The van der Waals surface area contributed by atoms with Crippen LogP contribution in [0.3, 0.4) is 0 Å². The first kappa shape index (κ1) is 11.3. The molecule has 16 heavy (non-hydrogen) atoms.